The highest BCUT2D eigenvalue weighted by Gasteiger charge is 2.14. The van der Waals surface area contributed by atoms with Gasteiger partial charge in [0.05, 0.1) is 11.1 Å². The molecule has 1 aromatic rings. The Morgan fingerprint density at radius 2 is 2.27 bits per heavy atom. The smallest absolute Gasteiger partial charge is 0.147 e. The summed E-state index contributed by atoms with van der Waals surface area (Å²) in [5.74, 6) is -0.538. The number of hydrogen-bond donors (Lipinski definition) is 1. The lowest BCUT2D eigenvalue weighted by Crippen LogP contribution is -2.02. The van der Waals surface area contributed by atoms with Gasteiger partial charge in [-0.05, 0) is 18.9 Å². The van der Waals surface area contributed by atoms with Crippen LogP contribution in [0.3, 0.4) is 0 Å². The van der Waals surface area contributed by atoms with E-state index in [1.165, 1.54) is 6.07 Å². The lowest BCUT2D eigenvalue weighted by atomic mass is 10.0. The standard InChI is InChI=1S/C11H14ClFO2/c1-15-7-3-6-10(14)8-4-2-5-9(12)11(8)13/h2,4-5,10,14H,3,6-7H2,1H3. The molecule has 1 N–H and O–H groups in total. The second-order valence-electron chi connectivity index (χ2n) is 3.29. The zero-order chi connectivity index (χ0) is 11.3. The fraction of sp³-hybridized carbons (Fsp3) is 0.455. The molecular weight excluding hydrogens is 219 g/mol. The van der Waals surface area contributed by atoms with E-state index in [0.29, 0.717) is 19.4 Å². The maximum atomic E-state index is 13.4. The van der Waals surface area contributed by atoms with E-state index in [0.717, 1.165) is 0 Å². The van der Waals surface area contributed by atoms with E-state index < -0.39 is 11.9 Å². The van der Waals surface area contributed by atoms with Gasteiger partial charge in [-0.3, -0.25) is 0 Å². The van der Waals surface area contributed by atoms with Crippen molar-refractivity contribution in [1.82, 2.24) is 0 Å². The van der Waals surface area contributed by atoms with Gasteiger partial charge in [0.1, 0.15) is 5.82 Å². The Bertz CT molecular complexity index is 317. The molecule has 15 heavy (non-hydrogen) atoms. The first-order chi connectivity index (χ1) is 7.16. The number of benzene rings is 1. The molecule has 0 radical (unpaired) electrons. The van der Waals surface area contributed by atoms with E-state index in [-0.39, 0.29) is 10.6 Å². The molecule has 0 fully saturated rings. The molecule has 1 rings (SSSR count). The Balaban J connectivity index is 2.65. The minimum Gasteiger partial charge on any atom is -0.388 e. The summed E-state index contributed by atoms with van der Waals surface area (Å²) >= 11 is 5.61. The zero-order valence-corrected chi connectivity index (χ0v) is 9.30. The lowest BCUT2D eigenvalue weighted by molar-refractivity contribution is 0.133. The van der Waals surface area contributed by atoms with Crippen LogP contribution in [-0.4, -0.2) is 18.8 Å². The monoisotopic (exact) mass is 232 g/mol. The molecular formula is C11H14ClFO2. The minimum atomic E-state index is -0.821. The van der Waals surface area contributed by atoms with Crippen LogP contribution in [0.15, 0.2) is 18.2 Å². The van der Waals surface area contributed by atoms with E-state index in [9.17, 15) is 9.50 Å². The molecule has 0 spiro atoms. The second-order valence-corrected chi connectivity index (χ2v) is 3.70. The third-order valence-corrected chi connectivity index (χ3v) is 2.46. The molecule has 1 atom stereocenters. The third-order valence-electron chi connectivity index (χ3n) is 2.17. The molecule has 0 bridgehead atoms. The fourth-order valence-corrected chi connectivity index (χ4v) is 1.54. The van der Waals surface area contributed by atoms with Gasteiger partial charge in [-0.25, -0.2) is 4.39 Å². The van der Waals surface area contributed by atoms with Gasteiger partial charge in [0, 0.05) is 19.3 Å². The van der Waals surface area contributed by atoms with Crippen molar-refractivity contribution in [2.45, 2.75) is 18.9 Å². The van der Waals surface area contributed by atoms with Crippen molar-refractivity contribution in [2.24, 2.45) is 0 Å². The summed E-state index contributed by atoms with van der Waals surface area (Å²) in [6, 6.07) is 4.63. The highest BCUT2D eigenvalue weighted by Crippen LogP contribution is 2.25. The van der Waals surface area contributed by atoms with Crippen LogP contribution >= 0.6 is 11.6 Å². The maximum Gasteiger partial charge on any atom is 0.147 e. The van der Waals surface area contributed by atoms with Gasteiger partial charge in [-0.2, -0.15) is 0 Å². The first kappa shape index (κ1) is 12.4. The molecule has 0 saturated carbocycles. The molecule has 4 heteroatoms. The SMILES string of the molecule is COCCCC(O)c1cccc(Cl)c1F. The van der Waals surface area contributed by atoms with Crippen LogP contribution in [0.5, 0.6) is 0 Å². The van der Waals surface area contributed by atoms with E-state index in [1.54, 1.807) is 19.2 Å². The highest BCUT2D eigenvalue weighted by molar-refractivity contribution is 6.30. The number of ether oxygens (including phenoxy) is 1. The van der Waals surface area contributed by atoms with Crippen LogP contribution in [0, 0.1) is 5.82 Å². The maximum absolute atomic E-state index is 13.4. The summed E-state index contributed by atoms with van der Waals surface area (Å²) in [6.07, 6.45) is 0.327. The summed E-state index contributed by atoms with van der Waals surface area (Å²) in [6.45, 7) is 0.555. The highest BCUT2D eigenvalue weighted by atomic mass is 35.5. The zero-order valence-electron chi connectivity index (χ0n) is 8.54. The molecule has 0 saturated heterocycles. The molecule has 0 heterocycles. The summed E-state index contributed by atoms with van der Waals surface area (Å²) in [5, 5.41) is 9.74. The van der Waals surface area contributed by atoms with Crippen molar-refractivity contribution >= 4 is 11.6 Å². The Morgan fingerprint density at radius 3 is 2.93 bits per heavy atom. The van der Waals surface area contributed by atoms with Gasteiger partial charge < -0.3 is 9.84 Å². The number of halogens is 2. The van der Waals surface area contributed by atoms with Crippen molar-refractivity contribution in [3.8, 4) is 0 Å². The van der Waals surface area contributed by atoms with Gasteiger partial charge in [0.15, 0.2) is 0 Å². The summed E-state index contributed by atoms with van der Waals surface area (Å²) in [4.78, 5) is 0. The summed E-state index contributed by atoms with van der Waals surface area (Å²) in [7, 11) is 1.59. The van der Waals surface area contributed by atoms with Gasteiger partial charge in [-0.1, -0.05) is 23.7 Å². The van der Waals surface area contributed by atoms with Gasteiger partial charge in [0.25, 0.3) is 0 Å². The van der Waals surface area contributed by atoms with Gasteiger partial charge >= 0.3 is 0 Å². The van der Waals surface area contributed by atoms with E-state index in [4.69, 9.17) is 16.3 Å². The topological polar surface area (TPSA) is 29.5 Å². The summed E-state index contributed by atoms with van der Waals surface area (Å²) in [5.41, 5.74) is 0.249. The number of hydrogen-bond acceptors (Lipinski definition) is 2. The third kappa shape index (κ3) is 3.45. The molecule has 1 aromatic carbocycles. The molecule has 0 aliphatic rings. The first-order valence-corrected chi connectivity index (χ1v) is 5.15. The van der Waals surface area contributed by atoms with Gasteiger partial charge in [-0.15, -0.1) is 0 Å². The van der Waals surface area contributed by atoms with E-state index >= 15 is 0 Å². The normalized spacial score (nSPS) is 12.8. The van der Waals surface area contributed by atoms with E-state index in [2.05, 4.69) is 0 Å². The molecule has 0 aliphatic heterocycles. The fourth-order valence-electron chi connectivity index (χ4n) is 1.35. The summed E-state index contributed by atoms with van der Waals surface area (Å²) < 4.78 is 18.3. The molecule has 0 aromatic heterocycles. The second kappa shape index (κ2) is 6.05. The number of aliphatic hydroxyl groups is 1. The lowest BCUT2D eigenvalue weighted by Gasteiger charge is -2.12. The average Bonchev–Trinajstić information content (AvgIpc) is 2.22. The molecule has 0 aliphatic carbocycles. The number of aliphatic hydroxyl groups excluding tert-OH is 1. The van der Waals surface area contributed by atoms with Crippen LogP contribution in [0.1, 0.15) is 24.5 Å². The Labute approximate surface area is 93.6 Å². The molecule has 1 unspecified atom stereocenters. The van der Waals surface area contributed by atoms with Gasteiger partial charge in [0.2, 0.25) is 0 Å². The predicted octanol–water partition coefficient (Wildman–Crippen LogP) is 2.94. The van der Waals surface area contributed by atoms with Crippen LogP contribution < -0.4 is 0 Å². The van der Waals surface area contributed by atoms with Crippen molar-refractivity contribution in [1.29, 1.82) is 0 Å². The van der Waals surface area contributed by atoms with Crippen molar-refractivity contribution in [3.63, 3.8) is 0 Å². The van der Waals surface area contributed by atoms with Crippen molar-refractivity contribution in [2.75, 3.05) is 13.7 Å². The predicted molar refractivity (Wildman–Crippen MR) is 57.5 cm³/mol. The molecule has 0 amide bonds. The first-order valence-electron chi connectivity index (χ1n) is 4.77. The van der Waals surface area contributed by atoms with E-state index in [1.807, 2.05) is 0 Å². The van der Waals surface area contributed by atoms with Crippen LogP contribution in [0.2, 0.25) is 5.02 Å². The van der Waals surface area contributed by atoms with Crippen LogP contribution in [0.25, 0.3) is 0 Å². The Hall–Kier alpha value is -0.640. The largest absolute Gasteiger partial charge is 0.388 e. The quantitative estimate of drug-likeness (QED) is 0.791. The minimum absolute atomic E-state index is 0.0401. The Morgan fingerprint density at radius 1 is 1.53 bits per heavy atom. The Kier molecular flexibility index (Phi) is 5.02. The van der Waals surface area contributed by atoms with Crippen LogP contribution in [-0.2, 0) is 4.74 Å². The van der Waals surface area contributed by atoms with Crippen LogP contribution in [0.4, 0.5) is 4.39 Å². The average molecular weight is 233 g/mol. The molecule has 2 nitrogen and oxygen atoms in total. The number of methoxy groups -OCH3 is 1. The van der Waals surface area contributed by atoms with Crippen molar-refractivity contribution < 1.29 is 14.2 Å². The van der Waals surface area contributed by atoms with Crippen molar-refractivity contribution in [3.05, 3.63) is 34.6 Å². The number of rotatable bonds is 5. The molecule has 84 valence electrons.